The largest absolute Gasteiger partial charge is 0.497 e. The minimum Gasteiger partial charge on any atom is -0.497 e. The number of aromatic nitrogens is 2. The van der Waals surface area contributed by atoms with Crippen molar-refractivity contribution in [3.63, 3.8) is 0 Å². The van der Waals surface area contributed by atoms with Crippen molar-refractivity contribution in [1.29, 1.82) is 0 Å². The molecule has 2 aliphatic carbocycles. The number of rotatable bonds is 7. The van der Waals surface area contributed by atoms with Gasteiger partial charge in [0.05, 0.1) is 29.4 Å². The molecule has 15 nitrogen and oxygen atoms in total. The van der Waals surface area contributed by atoms with Gasteiger partial charge in [0.15, 0.2) is 0 Å². The van der Waals surface area contributed by atoms with E-state index >= 15 is 0 Å². The first-order valence-corrected chi connectivity index (χ1v) is 19.8. The fourth-order valence-corrected chi connectivity index (χ4v) is 8.21. The van der Waals surface area contributed by atoms with Crippen molar-refractivity contribution < 1.29 is 41.8 Å². The van der Waals surface area contributed by atoms with Gasteiger partial charge in [-0.3, -0.25) is 19.1 Å². The quantitative estimate of drug-likeness (QED) is 0.350. The Kier molecular flexibility index (Phi) is 10.4. The Hall–Kier alpha value is -4.47. The summed E-state index contributed by atoms with van der Waals surface area (Å²) < 4.78 is 44.6. The molecule has 6 rings (SSSR count). The van der Waals surface area contributed by atoms with E-state index in [1.807, 2.05) is 12.2 Å². The molecule has 1 aromatic heterocycles. The Morgan fingerprint density at radius 1 is 1.08 bits per heavy atom. The van der Waals surface area contributed by atoms with Crippen LogP contribution in [0.4, 0.5) is 4.79 Å². The summed E-state index contributed by atoms with van der Waals surface area (Å²) in [5.74, 6) is -1.58. The van der Waals surface area contributed by atoms with E-state index < -0.39 is 73.8 Å². The van der Waals surface area contributed by atoms with Gasteiger partial charge in [0.1, 0.15) is 40.8 Å². The van der Waals surface area contributed by atoms with Crippen molar-refractivity contribution in [2.24, 2.45) is 5.92 Å². The predicted molar refractivity (Wildman–Crippen MR) is 194 cm³/mol. The highest BCUT2D eigenvalue weighted by Gasteiger charge is 2.63. The maximum Gasteiger partial charge on any atom is 0.408 e. The fraction of sp³-hybridized carbons (Fsp3) is 0.622. The lowest BCUT2D eigenvalue weighted by Crippen LogP contribution is -2.58. The number of carbonyl (C=O) groups is 4. The van der Waals surface area contributed by atoms with Crippen molar-refractivity contribution >= 4 is 44.9 Å². The van der Waals surface area contributed by atoms with E-state index in [9.17, 15) is 27.6 Å². The summed E-state index contributed by atoms with van der Waals surface area (Å²) in [7, 11) is -2.44. The van der Waals surface area contributed by atoms with E-state index in [1.54, 1.807) is 59.9 Å². The summed E-state index contributed by atoms with van der Waals surface area (Å²) in [6.07, 6.45) is 6.58. The molecule has 1 saturated heterocycles. The van der Waals surface area contributed by atoms with Gasteiger partial charge in [0.2, 0.25) is 27.7 Å². The molecule has 16 heteroatoms. The number of allylic oxidation sites excluding steroid dienone is 1. The Bertz CT molecular complexity index is 1920. The first kappa shape index (κ1) is 38.3. The molecular formula is C37H50N6O9S. The van der Waals surface area contributed by atoms with Crippen LogP contribution in [-0.4, -0.2) is 94.8 Å². The second kappa shape index (κ2) is 14.4. The lowest BCUT2D eigenvalue weighted by atomic mass is 10.0. The van der Waals surface area contributed by atoms with Crippen LogP contribution in [0, 0.1) is 12.8 Å². The van der Waals surface area contributed by atoms with Gasteiger partial charge in [-0.05, 0) is 85.3 Å². The van der Waals surface area contributed by atoms with Crippen LogP contribution in [0.25, 0.3) is 11.0 Å². The number of aryl methyl sites for hydroxylation is 1. The standard InChI is InChI=1S/C37H50N6O9S/c1-22-31(39-28-18-24(50-6)14-15-26(28)38-22)51-25-19-29-30(44)41-37(33(46)42-53(48,49)36(5)16-17-36)20-23(37)12-10-8-7-9-11-13-27(32(45)43(29)21-25)40-34(47)52-35(2,3)4/h10,12,14-15,18,23,25,27,29H,7-9,11,13,16-17,19-21H2,1-6H3,(H,40,47)(H,41,44)(H,42,46)/b12-10-/t23-,25-,27+,29+,37?/m1/s1. The second-order valence-electron chi connectivity index (χ2n) is 15.9. The van der Waals surface area contributed by atoms with Crippen molar-refractivity contribution in [3.8, 4) is 11.6 Å². The van der Waals surface area contributed by atoms with Crippen LogP contribution in [0.1, 0.15) is 91.2 Å². The number of carbonyl (C=O) groups excluding carboxylic acids is 4. The number of nitrogens with one attached hydrogen (secondary N) is 3. The molecule has 53 heavy (non-hydrogen) atoms. The van der Waals surface area contributed by atoms with Crippen LogP contribution in [0.15, 0.2) is 30.4 Å². The second-order valence-corrected chi connectivity index (χ2v) is 18.1. The number of methoxy groups -OCH3 is 1. The highest BCUT2D eigenvalue weighted by molar-refractivity contribution is 7.91. The van der Waals surface area contributed by atoms with E-state index in [-0.39, 0.29) is 25.3 Å². The Morgan fingerprint density at radius 3 is 2.53 bits per heavy atom. The lowest BCUT2D eigenvalue weighted by molar-refractivity contribution is -0.141. The third kappa shape index (κ3) is 8.36. The zero-order valence-corrected chi connectivity index (χ0v) is 32.0. The summed E-state index contributed by atoms with van der Waals surface area (Å²) in [5.41, 5.74) is -0.662. The highest BCUT2D eigenvalue weighted by atomic mass is 32.2. The van der Waals surface area contributed by atoms with Gasteiger partial charge in [0.25, 0.3) is 5.91 Å². The van der Waals surface area contributed by atoms with Gasteiger partial charge in [-0.15, -0.1) is 0 Å². The van der Waals surface area contributed by atoms with Crippen molar-refractivity contribution in [3.05, 3.63) is 36.0 Å². The molecular weight excluding hydrogens is 705 g/mol. The molecule has 4 aliphatic rings. The molecule has 5 atom stereocenters. The van der Waals surface area contributed by atoms with Gasteiger partial charge in [0, 0.05) is 18.4 Å². The van der Waals surface area contributed by atoms with Crippen LogP contribution >= 0.6 is 0 Å². The topological polar surface area (TPSA) is 195 Å². The summed E-state index contributed by atoms with van der Waals surface area (Å²) in [6, 6.07) is 3.16. The molecule has 3 N–H and O–H groups in total. The minimum absolute atomic E-state index is 0.0303. The molecule has 0 spiro atoms. The highest BCUT2D eigenvalue weighted by Crippen LogP contribution is 2.47. The average Bonchev–Trinajstić information content (AvgIpc) is 3.96. The number of alkyl carbamates (subject to hydrolysis) is 1. The maximum atomic E-state index is 14.4. The number of ether oxygens (including phenoxy) is 3. The minimum atomic E-state index is -3.99. The molecule has 3 fully saturated rings. The number of hydrogen-bond acceptors (Lipinski definition) is 11. The molecule has 4 amide bonds. The zero-order valence-electron chi connectivity index (χ0n) is 31.2. The number of benzene rings is 1. The van der Waals surface area contributed by atoms with Gasteiger partial charge in [-0.2, -0.15) is 0 Å². The predicted octanol–water partition coefficient (Wildman–Crippen LogP) is 3.58. The smallest absolute Gasteiger partial charge is 0.408 e. The number of amides is 4. The Balaban J connectivity index is 1.31. The van der Waals surface area contributed by atoms with Crippen LogP contribution in [0.5, 0.6) is 11.6 Å². The molecule has 2 aromatic rings. The molecule has 3 heterocycles. The Morgan fingerprint density at radius 2 is 1.83 bits per heavy atom. The van der Waals surface area contributed by atoms with Crippen molar-refractivity contribution in [2.75, 3.05) is 13.7 Å². The normalized spacial score (nSPS) is 27.9. The van der Waals surface area contributed by atoms with Gasteiger partial charge in [-0.25, -0.2) is 23.2 Å². The van der Waals surface area contributed by atoms with E-state index in [0.29, 0.717) is 54.6 Å². The molecule has 1 aromatic carbocycles. The van der Waals surface area contributed by atoms with Crippen LogP contribution in [-0.2, 0) is 29.1 Å². The zero-order chi connectivity index (χ0) is 38.3. The summed E-state index contributed by atoms with van der Waals surface area (Å²) in [4.78, 5) is 66.2. The fourth-order valence-electron chi connectivity index (χ4n) is 6.90. The summed E-state index contributed by atoms with van der Waals surface area (Å²) in [5, 5.41) is 5.61. The maximum absolute atomic E-state index is 14.4. The summed E-state index contributed by atoms with van der Waals surface area (Å²) in [6.45, 7) is 8.47. The van der Waals surface area contributed by atoms with Crippen LogP contribution in [0.3, 0.4) is 0 Å². The molecule has 2 aliphatic heterocycles. The number of fused-ring (bicyclic) bond motifs is 3. The van der Waals surface area contributed by atoms with Crippen LogP contribution in [0.2, 0.25) is 0 Å². The Labute approximate surface area is 310 Å². The molecule has 288 valence electrons. The van der Waals surface area contributed by atoms with E-state index in [0.717, 1.165) is 12.8 Å². The van der Waals surface area contributed by atoms with Crippen molar-refractivity contribution in [2.45, 2.75) is 126 Å². The SMILES string of the molecule is COc1ccc2nc(C)c(O[C@@H]3C[C@H]4C(=O)NC5(C(=O)NS(=O)(=O)C6(C)CC6)C[C@H]5/C=C\CCCCC[C@H](NC(=O)OC(C)(C)C)C(=O)N4C3)nc2c1. The van der Waals surface area contributed by atoms with Gasteiger partial charge in [-0.1, -0.05) is 25.0 Å². The molecule has 0 bridgehead atoms. The van der Waals surface area contributed by atoms with Crippen LogP contribution < -0.4 is 24.8 Å². The van der Waals surface area contributed by atoms with E-state index in [1.165, 1.54) is 4.90 Å². The third-order valence-corrected chi connectivity index (χ3v) is 12.6. The van der Waals surface area contributed by atoms with Gasteiger partial charge >= 0.3 is 6.09 Å². The number of hydrogen-bond donors (Lipinski definition) is 3. The van der Waals surface area contributed by atoms with Gasteiger partial charge < -0.3 is 29.7 Å². The van der Waals surface area contributed by atoms with E-state index in [4.69, 9.17) is 14.2 Å². The summed E-state index contributed by atoms with van der Waals surface area (Å²) >= 11 is 0. The monoisotopic (exact) mass is 754 g/mol. The van der Waals surface area contributed by atoms with E-state index in [2.05, 4.69) is 25.3 Å². The van der Waals surface area contributed by atoms with Crippen molar-refractivity contribution in [1.82, 2.24) is 30.2 Å². The molecule has 2 saturated carbocycles. The third-order valence-electron chi connectivity index (χ3n) is 10.4. The first-order valence-electron chi connectivity index (χ1n) is 18.3. The molecule has 1 unspecified atom stereocenters. The number of nitrogens with zero attached hydrogens (tertiary/aromatic N) is 3. The average molecular weight is 755 g/mol. The lowest BCUT2D eigenvalue weighted by Gasteiger charge is -2.30. The number of sulfonamides is 1. The molecule has 0 radical (unpaired) electrons. The first-order chi connectivity index (χ1) is 24.9.